The molecule has 0 saturated carbocycles. The van der Waals surface area contributed by atoms with E-state index in [0.29, 0.717) is 24.7 Å². The van der Waals surface area contributed by atoms with E-state index in [9.17, 15) is 4.79 Å². The summed E-state index contributed by atoms with van der Waals surface area (Å²) in [6, 6.07) is 3.89. The maximum atomic E-state index is 11.3. The summed E-state index contributed by atoms with van der Waals surface area (Å²) in [4.78, 5) is 16.6. The molecule has 2 heterocycles. The summed E-state index contributed by atoms with van der Waals surface area (Å²) in [5.74, 6) is 1.18. The molecule has 2 rings (SSSR count). The second-order valence-electron chi connectivity index (χ2n) is 4.18. The van der Waals surface area contributed by atoms with E-state index in [1.165, 1.54) is 0 Å². The molecule has 0 aliphatic rings. The first kappa shape index (κ1) is 12.8. The van der Waals surface area contributed by atoms with Gasteiger partial charge in [-0.15, -0.1) is 11.3 Å². The summed E-state index contributed by atoms with van der Waals surface area (Å²) in [6.07, 6.45) is 0.552. The van der Waals surface area contributed by atoms with Crippen molar-refractivity contribution in [2.24, 2.45) is 5.92 Å². The summed E-state index contributed by atoms with van der Waals surface area (Å²) in [5, 5.41) is 8.68. The van der Waals surface area contributed by atoms with Gasteiger partial charge >= 0.3 is 0 Å². The first-order valence-electron chi connectivity index (χ1n) is 5.81. The molecule has 0 unspecified atom stereocenters. The van der Waals surface area contributed by atoms with E-state index in [0.717, 1.165) is 4.88 Å². The van der Waals surface area contributed by atoms with Crippen molar-refractivity contribution in [1.82, 2.24) is 15.5 Å². The molecule has 0 radical (unpaired) electrons. The standard InChI is InChI=1S/C12H15N3O2S/c1-8(2)12(16)13-6-5-10-14-11(15-17-10)9-4-3-7-18-9/h3-4,7-8H,5-6H2,1-2H3,(H,13,16). The van der Waals surface area contributed by atoms with Crippen LogP contribution in [0.3, 0.4) is 0 Å². The SMILES string of the molecule is CC(C)C(=O)NCCc1nc(-c2cccs2)no1. The molecule has 0 bridgehead atoms. The van der Waals surface area contributed by atoms with Crippen molar-refractivity contribution in [3.63, 3.8) is 0 Å². The average molecular weight is 265 g/mol. The molecular formula is C12H15N3O2S. The second kappa shape index (κ2) is 5.77. The van der Waals surface area contributed by atoms with Gasteiger partial charge in [-0.25, -0.2) is 0 Å². The van der Waals surface area contributed by atoms with Gasteiger partial charge in [0.1, 0.15) is 0 Å². The fourth-order valence-corrected chi connectivity index (χ4v) is 2.01. The van der Waals surface area contributed by atoms with E-state index in [1.54, 1.807) is 11.3 Å². The Morgan fingerprint density at radius 1 is 1.56 bits per heavy atom. The van der Waals surface area contributed by atoms with Crippen molar-refractivity contribution in [1.29, 1.82) is 0 Å². The molecule has 0 fully saturated rings. The molecule has 2 aromatic rings. The van der Waals surface area contributed by atoms with Gasteiger partial charge in [0.25, 0.3) is 0 Å². The fraction of sp³-hybridized carbons (Fsp3) is 0.417. The number of hydrogen-bond donors (Lipinski definition) is 1. The Kier molecular flexibility index (Phi) is 4.09. The fourth-order valence-electron chi connectivity index (χ4n) is 1.36. The number of carbonyl (C=O) groups excluding carboxylic acids is 1. The van der Waals surface area contributed by atoms with Crippen LogP contribution >= 0.6 is 11.3 Å². The average Bonchev–Trinajstić information content (AvgIpc) is 2.98. The smallest absolute Gasteiger partial charge is 0.228 e. The minimum Gasteiger partial charge on any atom is -0.355 e. The third-order valence-corrected chi connectivity index (χ3v) is 3.24. The first-order chi connectivity index (χ1) is 8.66. The van der Waals surface area contributed by atoms with Crippen LogP contribution in [0.5, 0.6) is 0 Å². The van der Waals surface area contributed by atoms with Gasteiger partial charge in [-0.3, -0.25) is 4.79 Å². The summed E-state index contributed by atoms with van der Waals surface area (Å²) >= 11 is 1.57. The number of thiophene rings is 1. The predicted octanol–water partition coefficient (Wildman–Crippen LogP) is 2.11. The summed E-state index contributed by atoms with van der Waals surface area (Å²) in [5.41, 5.74) is 0. The molecule has 6 heteroatoms. The Morgan fingerprint density at radius 3 is 3.06 bits per heavy atom. The quantitative estimate of drug-likeness (QED) is 0.899. The minimum absolute atomic E-state index is 0.00522. The van der Waals surface area contributed by atoms with Crippen molar-refractivity contribution in [2.45, 2.75) is 20.3 Å². The van der Waals surface area contributed by atoms with E-state index >= 15 is 0 Å². The number of nitrogens with zero attached hydrogens (tertiary/aromatic N) is 2. The van der Waals surface area contributed by atoms with Crippen LogP contribution in [0.15, 0.2) is 22.0 Å². The third-order valence-electron chi connectivity index (χ3n) is 2.37. The molecular weight excluding hydrogens is 250 g/mol. The van der Waals surface area contributed by atoms with Crippen LogP contribution in [0.25, 0.3) is 10.7 Å². The van der Waals surface area contributed by atoms with Gasteiger partial charge in [0.05, 0.1) is 4.88 Å². The van der Waals surface area contributed by atoms with Gasteiger partial charge in [-0.1, -0.05) is 25.1 Å². The van der Waals surface area contributed by atoms with E-state index in [1.807, 2.05) is 31.4 Å². The van der Waals surface area contributed by atoms with E-state index in [4.69, 9.17) is 4.52 Å². The van der Waals surface area contributed by atoms with Gasteiger partial charge in [0.15, 0.2) is 0 Å². The Labute approximate surface area is 109 Å². The van der Waals surface area contributed by atoms with Gasteiger partial charge in [0, 0.05) is 18.9 Å². The zero-order valence-electron chi connectivity index (χ0n) is 10.3. The van der Waals surface area contributed by atoms with E-state index in [2.05, 4.69) is 15.5 Å². The normalized spacial score (nSPS) is 10.8. The number of nitrogens with one attached hydrogen (secondary N) is 1. The van der Waals surface area contributed by atoms with Gasteiger partial charge in [-0.2, -0.15) is 4.98 Å². The highest BCUT2D eigenvalue weighted by atomic mass is 32.1. The Hall–Kier alpha value is -1.69. The van der Waals surface area contributed by atoms with E-state index in [-0.39, 0.29) is 11.8 Å². The summed E-state index contributed by atoms with van der Waals surface area (Å²) in [6.45, 7) is 4.23. The predicted molar refractivity (Wildman–Crippen MR) is 69.2 cm³/mol. The Bertz CT molecular complexity index is 505. The largest absolute Gasteiger partial charge is 0.355 e. The molecule has 0 saturated heterocycles. The molecule has 0 aromatic carbocycles. The zero-order valence-corrected chi connectivity index (χ0v) is 11.2. The molecule has 0 aliphatic heterocycles. The van der Waals surface area contributed by atoms with Gasteiger partial charge in [0.2, 0.25) is 17.6 Å². The minimum atomic E-state index is -0.00522. The topological polar surface area (TPSA) is 68.0 Å². The number of amides is 1. The lowest BCUT2D eigenvalue weighted by Gasteiger charge is -2.05. The highest BCUT2D eigenvalue weighted by Crippen LogP contribution is 2.21. The lowest BCUT2D eigenvalue weighted by Crippen LogP contribution is -2.29. The van der Waals surface area contributed by atoms with Crippen molar-refractivity contribution in [3.8, 4) is 10.7 Å². The molecule has 0 aliphatic carbocycles. The summed E-state index contributed by atoms with van der Waals surface area (Å²) < 4.78 is 5.12. The van der Waals surface area contributed by atoms with Crippen LogP contribution in [0.4, 0.5) is 0 Å². The Morgan fingerprint density at radius 2 is 2.39 bits per heavy atom. The zero-order chi connectivity index (χ0) is 13.0. The second-order valence-corrected chi connectivity index (χ2v) is 5.13. The maximum Gasteiger partial charge on any atom is 0.228 e. The molecule has 0 atom stereocenters. The maximum absolute atomic E-state index is 11.3. The number of hydrogen-bond acceptors (Lipinski definition) is 5. The summed E-state index contributed by atoms with van der Waals surface area (Å²) in [7, 11) is 0. The van der Waals surface area contributed by atoms with Gasteiger partial charge < -0.3 is 9.84 Å². The van der Waals surface area contributed by atoms with E-state index < -0.39 is 0 Å². The van der Waals surface area contributed by atoms with Crippen molar-refractivity contribution >= 4 is 17.2 Å². The molecule has 96 valence electrons. The van der Waals surface area contributed by atoms with Crippen LogP contribution in [-0.4, -0.2) is 22.6 Å². The number of carbonyl (C=O) groups is 1. The number of aromatic nitrogens is 2. The van der Waals surface area contributed by atoms with Gasteiger partial charge in [-0.05, 0) is 11.4 Å². The highest BCUT2D eigenvalue weighted by molar-refractivity contribution is 7.13. The van der Waals surface area contributed by atoms with Crippen LogP contribution < -0.4 is 5.32 Å². The lowest BCUT2D eigenvalue weighted by molar-refractivity contribution is -0.123. The Balaban J connectivity index is 1.86. The molecule has 0 spiro atoms. The monoisotopic (exact) mass is 265 g/mol. The third kappa shape index (κ3) is 3.16. The van der Waals surface area contributed by atoms with Crippen LogP contribution in [0.1, 0.15) is 19.7 Å². The first-order valence-corrected chi connectivity index (χ1v) is 6.69. The highest BCUT2D eigenvalue weighted by Gasteiger charge is 2.10. The number of rotatable bonds is 5. The molecule has 2 aromatic heterocycles. The van der Waals surface area contributed by atoms with Crippen molar-refractivity contribution in [3.05, 3.63) is 23.4 Å². The van der Waals surface area contributed by atoms with Crippen LogP contribution in [-0.2, 0) is 11.2 Å². The lowest BCUT2D eigenvalue weighted by atomic mass is 10.2. The molecule has 1 N–H and O–H groups in total. The molecule has 5 nitrogen and oxygen atoms in total. The molecule has 1 amide bonds. The van der Waals surface area contributed by atoms with Crippen molar-refractivity contribution < 1.29 is 9.32 Å². The molecule has 18 heavy (non-hydrogen) atoms. The van der Waals surface area contributed by atoms with Crippen LogP contribution in [0, 0.1) is 5.92 Å². The van der Waals surface area contributed by atoms with Crippen LogP contribution in [0.2, 0.25) is 0 Å². The van der Waals surface area contributed by atoms with Crippen molar-refractivity contribution in [2.75, 3.05) is 6.54 Å².